The highest BCUT2D eigenvalue weighted by molar-refractivity contribution is 7.15. The molecule has 5 aromatic rings. The van der Waals surface area contributed by atoms with Gasteiger partial charge in [-0.2, -0.15) is 0 Å². The molecule has 0 aliphatic carbocycles. The Balaban J connectivity index is 1.37. The molecular weight excluding hydrogens is 553 g/mol. The number of hydrogen-bond acceptors (Lipinski definition) is 5. The lowest BCUT2D eigenvalue weighted by Crippen LogP contribution is -2.41. The molecule has 1 fully saturated rings. The molecule has 1 saturated heterocycles. The Morgan fingerprint density at radius 1 is 0.950 bits per heavy atom. The Bertz CT molecular complexity index is 1790. The quantitative estimate of drug-likeness (QED) is 0.208. The van der Waals surface area contributed by atoms with Crippen LogP contribution in [0.1, 0.15) is 38.8 Å². The van der Waals surface area contributed by atoms with Gasteiger partial charge in [0.25, 0.3) is 0 Å². The molecule has 0 saturated carbocycles. The second-order valence-electron chi connectivity index (χ2n) is 11.1. The zero-order chi connectivity index (χ0) is 28.0. The van der Waals surface area contributed by atoms with Crippen molar-refractivity contribution in [3.05, 3.63) is 88.4 Å². The lowest BCUT2D eigenvalue weighted by molar-refractivity contribution is 0.00578. The van der Waals surface area contributed by atoms with Crippen molar-refractivity contribution < 1.29 is 22.8 Å². The van der Waals surface area contributed by atoms with E-state index < -0.39 is 30.4 Å². The van der Waals surface area contributed by atoms with Crippen molar-refractivity contribution in [2.24, 2.45) is 0 Å². The number of rotatable bonds is 3. The summed E-state index contributed by atoms with van der Waals surface area (Å²) in [6.07, 6.45) is 1.12. The van der Waals surface area contributed by atoms with E-state index in [1.165, 1.54) is 29.5 Å². The number of nitrogens with zero attached hydrogens (tertiary/aromatic N) is 2. The van der Waals surface area contributed by atoms with E-state index in [4.69, 9.17) is 25.6 Å². The number of halogens is 3. The van der Waals surface area contributed by atoms with E-state index in [0.717, 1.165) is 26.4 Å². The van der Waals surface area contributed by atoms with Crippen LogP contribution in [0.2, 0.25) is 5.02 Å². The fourth-order valence-electron chi connectivity index (χ4n) is 5.20. The summed E-state index contributed by atoms with van der Waals surface area (Å²) in [5.74, 6) is -0.366. The molecule has 0 spiro atoms. The van der Waals surface area contributed by atoms with Gasteiger partial charge in [-0.1, -0.05) is 11.6 Å². The van der Waals surface area contributed by atoms with E-state index in [1.807, 2.05) is 50.5 Å². The Morgan fingerprint density at radius 3 is 2.40 bits per heavy atom. The summed E-state index contributed by atoms with van der Waals surface area (Å²) in [5, 5.41) is 2.17. The van der Waals surface area contributed by atoms with Gasteiger partial charge in [0.15, 0.2) is 0 Å². The van der Waals surface area contributed by atoms with E-state index in [0.29, 0.717) is 27.5 Å². The van der Waals surface area contributed by atoms with Gasteiger partial charge in [-0.05, 0) is 93.8 Å². The Morgan fingerprint density at radius 2 is 1.68 bits per heavy atom. The van der Waals surface area contributed by atoms with Crippen molar-refractivity contribution in [2.75, 3.05) is 0 Å². The fourth-order valence-corrected chi connectivity index (χ4v) is 6.32. The minimum absolute atomic E-state index is 0.310. The van der Waals surface area contributed by atoms with Gasteiger partial charge >= 0.3 is 7.12 Å². The highest BCUT2D eigenvalue weighted by Crippen LogP contribution is 2.47. The summed E-state index contributed by atoms with van der Waals surface area (Å²) in [5.41, 5.74) is 2.06. The number of aromatic nitrogens is 2. The third-order valence-electron chi connectivity index (χ3n) is 7.99. The van der Waals surface area contributed by atoms with Crippen LogP contribution in [0.25, 0.3) is 32.7 Å². The largest absolute Gasteiger partial charge is 0.495 e. The van der Waals surface area contributed by atoms with Crippen molar-refractivity contribution in [1.29, 1.82) is 0 Å². The molecule has 4 heterocycles. The van der Waals surface area contributed by atoms with Crippen LogP contribution in [-0.2, 0) is 9.31 Å². The zero-order valence-corrected chi connectivity index (χ0v) is 23.7. The van der Waals surface area contributed by atoms with Crippen molar-refractivity contribution in [2.45, 2.75) is 45.1 Å². The van der Waals surface area contributed by atoms with Gasteiger partial charge in [0.1, 0.15) is 22.4 Å². The molecule has 1 atom stereocenters. The smallest absolute Gasteiger partial charge is 0.464 e. The molecule has 5 nitrogen and oxygen atoms in total. The standard InChI is InChI=1S/C30H24BClF2N2O3S/c1-29(2)30(3,4)39-31(38-29)18-13-21(34)26-23-12-17-11-19(32)7-10-22(17)36(23)28(37-24(26)14-18)25-15-35-27(40-25)16-5-8-20(33)9-6-16/h5-15,28H,1-4H3. The predicted octanol–water partition coefficient (Wildman–Crippen LogP) is 7.60. The maximum atomic E-state index is 16.0. The molecule has 202 valence electrons. The number of ether oxygens (including phenoxy) is 1. The lowest BCUT2D eigenvalue weighted by atomic mass is 9.78. The Hall–Kier alpha value is -3.24. The summed E-state index contributed by atoms with van der Waals surface area (Å²) >= 11 is 7.75. The molecule has 10 heteroatoms. The number of thiazole rings is 1. The van der Waals surface area contributed by atoms with Crippen molar-refractivity contribution in [1.82, 2.24) is 9.55 Å². The van der Waals surface area contributed by atoms with Crippen LogP contribution >= 0.6 is 22.9 Å². The van der Waals surface area contributed by atoms with Gasteiger partial charge < -0.3 is 14.0 Å². The molecule has 0 radical (unpaired) electrons. The maximum absolute atomic E-state index is 16.0. The lowest BCUT2D eigenvalue weighted by Gasteiger charge is -2.32. The number of hydrogen-bond donors (Lipinski definition) is 0. The second-order valence-corrected chi connectivity index (χ2v) is 12.6. The molecule has 0 N–H and O–H groups in total. The second kappa shape index (κ2) is 8.88. The number of benzene rings is 3. The average molecular weight is 577 g/mol. The third kappa shape index (κ3) is 3.98. The van der Waals surface area contributed by atoms with Crippen LogP contribution in [0, 0.1) is 11.6 Å². The first-order valence-corrected chi connectivity index (χ1v) is 14.1. The van der Waals surface area contributed by atoms with E-state index in [2.05, 4.69) is 4.98 Å². The van der Waals surface area contributed by atoms with Crippen molar-refractivity contribution in [3.63, 3.8) is 0 Å². The molecule has 1 unspecified atom stereocenters. The molecule has 7 rings (SSSR count). The summed E-state index contributed by atoms with van der Waals surface area (Å²) < 4.78 is 50.4. The molecule has 2 aliphatic rings. The van der Waals surface area contributed by atoms with Crippen LogP contribution in [0.15, 0.2) is 66.9 Å². The van der Waals surface area contributed by atoms with E-state index in [-0.39, 0.29) is 5.82 Å². The van der Waals surface area contributed by atoms with Crippen LogP contribution in [0.3, 0.4) is 0 Å². The molecule has 2 aliphatic heterocycles. The summed E-state index contributed by atoms with van der Waals surface area (Å²) in [6, 6.07) is 16.9. The van der Waals surface area contributed by atoms with Crippen LogP contribution < -0.4 is 10.2 Å². The minimum Gasteiger partial charge on any atom is -0.464 e. The van der Waals surface area contributed by atoms with Gasteiger partial charge in [0, 0.05) is 22.2 Å². The molecule has 40 heavy (non-hydrogen) atoms. The predicted molar refractivity (Wildman–Crippen MR) is 154 cm³/mol. The summed E-state index contributed by atoms with van der Waals surface area (Å²) in [7, 11) is -0.744. The first kappa shape index (κ1) is 25.7. The zero-order valence-electron chi connectivity index (χ0n) is 22.2. The van der Waals surface area contributed by atoms with Crippen molar-refractivity contribution >= 4 is 46.4 Å². The minimum atomic E-state index is -0.744. The maximum Gasteiger partial charge on any atom is 0.495 e. The molecule has 0 amide bonds. The van der Waals surface area contributed by atoms with Gasteiger partial charge in [0.05, 0.1) is 32.9 Å². The van der Waals surface area contributed by atoms with Crippen LogP contribution in [0.5, 0.6) is 5.75 Å². The Kier molecular flexibility index (Phi) is 5.71. The topological polar surface area (TPSA) is 45.5 Å². The van der Waals surface area contributed by atoms with E-state index >= 15 is 4.39 Å². The average Bonchev–Trinajstić information content (AvgIpc) is 3.57. The summed E-state index contributed by atoms with van der Waals surface area (Å²) in [6.45, 7) is 7.83. The molecule has 2 aromatic heterocycles. The summed E-state index contributed by atoms with van der Waals surface area (Å²) in [4.78, 5) is 5.40. The van der Waals surface area contributed by atoms with Gasteiger partial charge in [-0.3, -0.25) is 4.57 Å². The van der Waals surface area contributed by atoms with Crippen LogP contribution in [-0.4, -0.2) is 27.9 Å². The highest BCUT2D eigenvalue weighted by Gasteiger charge is 2.52. The SMILES string of the molecule is CC1(C)OB(c2cc(F)c3c(c2)OC(c2cnc(-c4ccc(F)cc4)s2)n2c-3cc3cc(Cl)ccc32)OC1(C)C. The fraction of sp³-hybridized carbons (Fsp3) is 0.233. The van der Waals surface area contributed by atoms with Crippen molar-refractivity contribution in [3.8, 4) is 27.6 Å². The normalized spacial score (nSPS) is 19.0. The first-order valence-electron chi connectivity index (χ1n) is 12.9. The molecular formula is C30H24BClF2N2O3S. The molecule has 0 bridgehead atoms. The van der Waals surface area contributed by atoms with Crippen LogP contribution in [0.4, 0.5) is 8.78 Å². The first-order chi connectivity index (χ1) is 19.0. The Labute approximate surface area is 239 Å². The van der Waals surface area contributed by atoms with Gasteiger partial charge in [0.2, 0.25) is 6.23 Å². The number of fused-ring (bicyclic) bond motifs is 5. The molecule has 3 aromatic carbocycles. The van der Waals surface area contributed by atoms with Gasteiger partial charge in [-0.15, -0.1) is 11.3 Å². The monoisotopic (exact) mass is 576 g/mol. The van der Waals surface area contributed by atoms with Gasteiger partial charge in [-0.25, -0.2) is 13.8 Å². The third-order valence-corrected chi connectivity index (χ3v) is 9.30. The van der Waals surface area contributed by atoms with E-state index in [9.17, 15) is 4.39 Å². The highest BCUT2D eigenvalue weighted by atomic mass is 35.5. The van der Waals surface area contributed by atoms with E-state index in [1.54, 1.807) is 30.5 Å².